The van der Waals surface area contributed by atoms with Crippen molar-refractivity contribution in [2.45, 2.75) is 58.7 Å². The molecule has 0 aromatic heterocycles. The molecule has 0 saturated carbocycles. The number of aryl methyl sites for hydroxylation is 1. The van der Waals surface area contributed by atoms with E-state index in [1.165, 1.54) is 5.56 Å². The molecular weight excluding hydrogens is 298 g/mol. The molecule has 1 N–H and O–H groups in total. The first-order valence-electron chi connectivity index (χ1n) is 8.09. The zero-order valence-corrected chi connectivity index (χ0v) is 14.6. The quantitative estimate of drug-likeness (QED) is 0.874. The molecule has 2 unspecified atom stereocenters. The molecule has 0 aliphatic carbocycles. The van der Waals surface area contributed by atoms with Gasteiger partial charge in [-0.1, -0.05) is 19.1 Å². The first kappa shape index (κ1) is 17.3. The maximum absolute atomic E-state index is 11.7. The van der Waals surface area contributed by atoms with Crippen LogP contribution in [0.3, 0.4) is 0 Å². The number of nitrogens with one attached hydrogen (secondary N) is 1. The van der Waals surface area contributed by atoms with Crippen LogP contribution in [0.2, 0.25) is 0 Å². The van der Waals surface area contributed by atoms with Gasteiger partial charge in [0, 0.05) is 18.2 Å². The SMILES string of the molecule is CCC(C)Oc1cc(C)ccc1CNC1CCCS(=O)(=O)C1. The van der Waals surface area contributed by atoms with Crippen LogP contribution in [0.25, 0.3) is 0 Å². The first-order valence-corrected chi connectivity index (χ1v) is 9.91. The predicted molar refractivity (Wildman–Crippen MR) is 90.1 cm³/mol. The number of hydrogen-bond acceptors (Lipinski definition) is 4. The highest BCUT2D eigenvalue weighted by Gasteiger charge is 2.24. The molecule has 2 rings (SSSR count). The predicted octanol–water partition coefficient (Wildman–Crippen LogP) is 2.84. The molecule has 124 valence electrons. The minimum absolute atomic E-state index is 0.0523. The van der Waals surface area contributed by atoms with Crippen LogP contribution in [0, 0.1) is 6.92 Å². The lowest BCUT2D eigenvalue weighted by Gasteiger charge is -2.24. The van der Waals surface area contributed by atoms with Gasteiger partial charge >= 0.3 is 0 Å². The molecule has 0 amide bonds. The Morgan fingerprint density at radius 2 is 2.18 bits per heavy atom. The molecule has 1 aliphatic rings. The normalized spacial score (nSPS) is 22.2. The summed E-state index contributed by atoms with van der Waals surface area (Å²) < 4.78 is 29.4. The zero-order valence-electron chi connectivity index (χ0n) is 13.8. The maximum atomic E-state index is 11.7. The van der Waals surface area contributed by atoms with Gasteiger partial charge in [-0.3, -0.25) is 0 Å². The molecule has 1 aliphatic heterocycles. The van der Waals surface area contributed by atoms with Gasteiger partial charge in [0.1, 0.15) is 5.75 Å². The Morgan fingerprint density at radius 1 is 1.41 bits per heavy atom. The molecule has 1 heterocycles. The third kappa shape index (κ3) is 4.99. The van der Waals surface area contributed by atoms with Crippen LogP contribution in [-0.2, 0) is 16.4 Å². The van der Waals surface area contributed by atoms with E-state index in [2.05, 4.69) is 37.4 Å². The van der Waals surface area contributed by atoms with Gasteiger partial charge in [-0.2, -0.15) is 0 Å². The van der Waals surface area contributed by atoms with Crippen molar-refractivity contribution in [1.82, 2.24) is 5.32 Å². The van der Waals surface area contributed by atoms with Crippen molar-refractivity contribution in [2.24, 2.45) is 0 Å². The molecule has 1 fully saturated rings. The van der Waals surface area contributed by atoms with E-state index < -0.39 is 9.84 Å². The van der Waals surface area contributed by atoms with Crippen molar-refractivity contribution in [3.05, 3.63) is 29.3 Å². The van der Waals surface area contributed by atoms with Crippen molar-refractivity contribution in [3.63, 3.8) is 0 Å². The van der Waals surface area contributed by atoms with Crippen molar-refractivity contribution in [3.8, 4) is 5.75 Å². The largest absolute Gasteiger partial charge is 0.490 e. The Labute approximate surface area is 134 Å². The van der Waals surface area contributed by atoms with Crippen molar-refractivity contribution in [2.75, 3.05) is 11.5 Å². The van der Waals surface area contributed by atoms with Crippen LogP contribution < -0.4 is 10.1 Å². The van der Waals surface area contributed by atoms with E-state index in [-0.39, 0.29) is 17.9 Å². The Morgan fingerprint density at radius 3 is 2.86 bits per heavy atom. The van der Waals surface area contributed by atoms with Gasteiger partial charge in [0.15, 0.2) is 9.84 Å². The van der Waals surface area contributed by atoms with Gasteiger partial charge in [0.05, 0.1) is 17.6 Å². The van der Waals surface area contributed by atoms with E-state index in [1.807, 2.05) is 6.92 Å². The molecule has 1 saturated heterocycles. The van der Waals surface area contributed by atoms with Gasteiger partial charge in [-0.05, 0) is 44.7 Å². The van der Waals surface area contributed by atoms with Gasteiger partial charge < -0.3 is 10.1 Å². The van der Waals surface area contributed by atoms with Crippen LogP contribution >= 0.6 is 0 Å². The van der Waals surface area contributed by atoms with Crippen LogP contribution in [-0.4, -0.2) is 32.1 Å². The topological polar surface area (TPSA) is 55.4 Å². The van der Waals surface area contributed by atoms with E-state index in [0.29, 0.717) is 12.3 Å². The van der Waals surface area contributed by atoms with E-state index in [0.717, 1.165) is 30.6 Å². The fourth-order valence-corrected chi connectivity index (χ4v) is 4.33. The number of hydrogen-bond donors (Lipinski definition) is 1. The summed E-state index contributed by atoms with van der Waals surface area (Å²) in [6.07, 6.45) is 2.81. The van der Waals surface area contributed by atoms with Crippen molar-refractivity contribution in [1.29, 1.82) is 0 Å². The molecule has 0 radical (unpaired) electrons. The Bertz CT molecular complexity index is 598. The second kappa shape index (κ2) is 7.47. The maximum Gasteiger partial charge on any atom is 0.151 e. The summed E-state index contributed by atoms with van der Waals surface area (Å²) in [6, 6.07) is 6.24. The first-order chi connectivity index (χ1) is 10.4. The summed E-state index contributed by atoms with van der Waals surface area (Å²) in [5, 5.41) is 3.39. The second-order valence-electron chi connectivity index (χ2n) is 6.28. The van der Waals surface area contributed by atoms with E-state index >= 15 is 0 Å². The Balaban J connectivity index is 2.02. The smallest absolute Gasteiger partial charge is 0.151 e. The van der Waals surface area contributed by atoms with Crippen LogP contribution in [0.4, 0.5) is 0 Å². The summed E-state index contributed by atoms with van der Waals surface area (Å²) >= 11 is 0. The monoisotopic (exact) mass is 325 g/mol. The van der Waals surface area contributed by atoms with Gasteiger partial charge in [0.25, 0.3) is 0 Å². The molecule has 0 bridgehead atoms. The molecule has 4 nitrogen and oxygen atoms in total. The van der Waals surface area contributed by atoms with Crippen LogP contribution in [0.5, 0.6) is 5.75 Å². The van der Waals surface area contributed by atoms with Gasteiger partial charge in [0.2, 0.25) is 0 Å². The van der Waals surface area contributed by atoms with Gasteiger partial charge in [-0.15, -0.1) is 0 Å². The Hall–Kier alpha value is -1.07. The average Bonchev–Trinajstić information content (AvgIpc) is 2.45. The van der Waals surface area contributed by atoms with Gasteiger partial charge in [-0.25, -0.2) is 8.42 Å². The summed E-state index contributed by atoms with van der Waals surface area (Å²) in [5.74, 6) is 1.49. The number of benzene rings is 1. The number of rotatable bonds is 6. The lowest BCUT2D eigenvalue weighted by molar-refractivity contribution is 0.214. The summed E-state index contributed by atoms with van der Waals surface area (Å²) in [4.78, 5) is 0. The fourth-order valence-electron chi connectivity index (χ4n) is 2.66. The van der Waals surface area contributed by atoms with E-state index in [4.69, 9.17) is 4.74 Å². The molecule has 1 aromatic carbocycles. The number of sulfone groups is 1. The average molecular weight is 325 g/mol. The van der Waals surface area contributed by atoms with Crippen molar-refractivity contribution >= 4 is 9.84 Å². The summed E-state index contributed by atoms with van der Waals surface area (Å²) in [5.41, 5.74) is 2.26. The molecule has 1 aromatic rings. The Kier molecular flexibility index (Phi) is 5.87. The second-order valence-corrected chi connectivity index (χ2v) is 8.51. The summed E-state index contributed by atoms with van der Waals surface area (Å²) in [6.45, 7) is 6.86. The summed E-state index contributed by atoms with van der Waals surface area (Å²) in [7, 11) is -2.87. The molecule has 2 atom stereocenters. The molecule has 22 heavy (non-hydrogen) atoms. The minimum atomic E-state index is -2.87. The lowest BCUT2D eigenvalue weighted by Crippen LogP contribution is -2.39. The lowest BCUT2D eigenvalue weighted by atomic mass is 10.1. The highest BCUT2D eigenvalue weighted by molar-refractivity contribution is 7.91. The number of ether oxygens (including phenoxy) is 1. The minimum Gasteiger partial charge on any atom is -0.490 e. The fraction of sp³-hybridized carbons (Fsp3) is 0.647. The highest BCUT2D eigenvalue weighted by atomic mass is 32.2. The van der Waals surface area contributed by atoms with Crippen molar-refractivity contribution < 1.29 is 13.2 Å². The molecule has 0 spiro atoms. The van der Waals surface area contributed by atoms with Crippen LogP contribution in [0.15, 0.2) is 18.2 Å². The zero-order chi connectivity index (χ0) is 16.2. The third-order valence-electron chi connectivity index (χ3n) is 4.17. The van der Waals surface area contributed by atoms with E-state index in [9.17, 15) is 8.42 Å². The third-order valence-corrected chi connectivity index (χ3v) is 5.99. The molecule has 5 heteroatoms. The van der Waals surface area contributed by atoms with E-state index in [1.54, 1.807) is 0 Å². The van der Waals surface area contributed by atoms with Crippen LogP contribution in [0.1, 0.15) is 44.2 Å². The molecular formula is C17H27NO3S. The highest BCUT2D eigenvalue weighted by Crippen LogP contribution is 2.23. The standard InChI is InChI=1S/C17H27NO3S/c1-4-14(3)21-17-10-13(2)7-8-15(17)11-18-16-6-5-9-22(19,20)12-16/h7-8,10,14,16,18H,4-6,9,11-12H2,1-3H3.